The molecule has 6 N–H and O–H groups in total. The average Bonchev–Trinajstić information content (AvgIpc) is 2.96. The number of aromatic hydroxyl groups is 1. The van der Waals surface area contributed by atoms with Crippen molar-refractivity contribution in [3.05, 3.63) is 84.9 Å². The van der Waals surface area contributed by atoms with Crippen molar-refractivity contribution in [2.45, 2.75) is 9.79 Å². The first kappa shape index (κ1) is 37.8. The van der Waals surface area contributed by atoms with Gasteiger partial charge in [0.15, 0.2) is 5.75 Å². The van der Waals surface area contributed by atoms with Crippen LogP contribution >= 0.6 is 0 Å². The monoisotopic (exact) mass is 694 g/mol. The minimum atomic E-state index is -4.99. The number of nitrogens with two attached hydrogens (primary N) is 1. The van der Waals surface area contributed by atoms with Crippen LogP contribution in [-0.4, -0.2) is 31.0 Å². The number of rotatable bonds is 8. The van der Waals surface area contributed by atoms with Crippen molar-refractivity contribution >= 4 is 70.8 Å². The van der Waals surface area contributed by atoms with Crippen LogP contribution in [0.25, 0.3) is 10.8 Å². The van der Waals surface area contributed by atoms with Gasteiger partial charge in [-0.2, -0.15) is 32.2 Å². The fourth-order valence-corrected chi connectivity index (χ4v) is 5.33. The molecule has 0 aromatic heterocycles. The van der Waals surface area contributed by atoms with E-state index in [2.05, 4.69) is 25.8 Å². The predicted octanol–water partition coefficient (Wildman–Crippen LogP) is -0.649. The van der Waals surface area contributed by atoms with E-state index in [0.29, 0.717) is 17.1 Å². The van der Waals surface area contributed by atoms with Gasteiger partial charge in [-0.1, -0.05) is 17.9 Å². The summed E-state index contributed by atoms with van der Waals surface area (Å²) >= 11 is 0. The van der Waals surface area contributed by atoms with Crippen molar-refractivity contribution in [1.29, 1.82) is 0 Å². The van der Waals surface area contributed by atoms with Gasteiger partial charge in [0, 0.05) is 22.4 Å². The third-order valence-electron chi connectivity index (χ3n) is 6.22. The Kier molecular flexibility index (Phi) is 12.1. The number of fused-ring (bicyclic) bond motifs is 1. The Balaban J connectivity index is 0.00000300. The summed E-state index contributed by atoms with van der Waals surface area (Å²) in [6, 6.07) is 19.1. The van der Waals surface area contributed by atoms with E-state index < -0.39 is 53.0 Å². The first-order valence-corrected chi connectivity index (χ1v) is 15.4. The SMILES string of the molecule is Nc1cc(S(=O)(=O)O)cc2cc(S(=O)(=O)O)c(N=Nc3ccc(Nc4ccc(N=Nc5ccc([O-])cc5[O-])cc4)cc3)c(O)c12.[Na+].[Na+]. The topological polar surface area (TPSA) is 263 Å². The molecule has 5 aromatic rings. The molecule has 0 saturated carbocycles. The van der Waals surface area contributed by atoms with Gasteiger partial charge in [0.25, 0.3) is 20.2 Å². The standard InChI is InChI=1S/C28H22N6O9S2.2Na/c29-22-14-21(44(38,39)40)11-15-12-25(45(41,42)43)27(28(37)26(15)22)34-32-19-7-3-17(4-8-19)30-16-1-5-18(6-2-16)31-33-23-10-9-20(35)13-24(23)36;;/h1-14,30,35-37H,29H2,(H,38,39,40)(H,41,42,43);;/q;2*+1/p-2. The van der Waals surface area contributed by atoms with Crippen LogP contribution in [0.1, 0.15) is 0 Å². The molecule has 0 aliphatic rings. The molecule has 0 bridgehead atoms. The fourth-order valence-electron chi connectivity index (χ4n) is 4.12. The summed E-state index contributed by atoms with van der Waals surface area (Å²) in [7, 11) is -9.71. The van der Waals surface area contributed by atoms with Crippen LogP contribution in [0.3, 0.4) is 0 Å². The van der Waals surface area contributed by atoms with E-state index in [-0.39, 0.29) is 86.9 Å². The number of hydrogen-bond acceptors (Lipinski definition) is 13. The molecule has 0 aliphatic carbocycles. The van der Waals surface area contributed by atoms with E-state index in [0.717, 1.165) is 24.3 Å². The number of phenols is 1. The van der Waals surface area contributed by atoms with Gasteiger partial charge in [-0.15, -0.1) is 10.9 Å². The molecule has 5 rings (SSSR count). The maximum Gasteiger partial charge on any atom is 1.00 e. The Bertz CT molecular complexity index is 2230. The summed E-state index contributed by atoms with van der Waals surface area (Å²) in [4.78, 5) is -1.53. The molecule has 0 fully saturated rings. The van der Waals surface area contributed by atoms with Gasteiger partial charge < -0.3 is 26.4 Å². The first-order valence-electron chi connectivity index (χ1n) is 12.5. The Labute approximate surface area is 312 Å². The molecule has 15 nitrogen and oxygen atoms in total. The number of phenolic OH excluding ortho intramolecular Hbond substituents is 1. The summed E-state index contributed by atoms with van der Waals surface area (Å²) < 4.78 is 66.4. The van der Waals surface area contributed by atoms with Crippen molar-refractivity contribution in [3.63, 3.8) is 0 Å². The maximum atomic E-state index is 12.1. The first-order chi connectivity index (χ1) is 21.2. The molecule has 230 valence electrons. The van der Waals surface area contributed by atoms with Gasteiger partial charge in [0.1, 0.15) is 10.6 Å². The molecule has 0 aliphatic heterocycles. The minimum Gasteiger partial charge on any atom is -0.872 e. The zero-order valence-corrected chi connectivity index (χ0v) is 30.2. The summed E-state index contributed by atoms with van der Waals surface area (Å²) in [5.74, 6) is -1.73. The molecule has 0 atom stereocenters. The molecule has 19 heteroatoms. The smallest absolute Gasteiger partial charge is 0.872 e. The van der Waals surface area contributed by atoms with E-state index in [9.17, 15) is 41.3 Å². The summed E-state index contributed by atoms with van der Waals surface area (Å²) in [5.41, 5.74) is 6.95. The number of azo groups is 2. The second-order valence-corrected chi connectivity index (χ2v) is 12.2. The zero-order chi connectivity index (χ0) is 32.5. The van der Waals surface area contributed by atoms with Crippen LogP contribution in [0.4, 0.5) is 39.8 Å². The summed E-state index contributed by atoms with van der Waals surface area (Å²) in [6.45, 7) is 0. The molecule has 47 heavy (non-hydrogen) atoms. The van der Waals surface area contributed by atoms with Gasteiger partial charge in [0.2, 0.25) is 0 Å². The Morgan fingerprint density at radius 2 is 1.23 bits per heavy atom. The number of nitrogen functional groups attached to an aromatic ring is 1. The quantitative estimate of drug-likeness (QED) is 0.0590. The van der Waals surface area contributed by atoms with E-state index in [1.807, 2.05) is 0 Å². The second-order valence-electron chi connectivity index (χ2n) is 9.38. The largest absolute Gasteiger partial charge is 1.00 e. The Morgan fingerprint density at radius 3 is 1.74 bits per heavy atom. The second kappa shape index (κ2) is 15.1. The van der Waals surface area contributed by atoms with Crippen molar-refractivity contribution in [2.24, 2.45) is 20.5 Å². The van der Waals surface area contributed by atoms with Crippen LogP contribution in [-0.2, 0) is 20.2 Å². The van der Waals surface area contributed by atoms with Gasteiger partial charge in [0.05, 0.1) is 22.0 Å². The molecule has 5 aromatic carbocycles. The van der Waals surface area contributed by atoms with Crippen molar-refractivity contribution in [1.82, 2.24) is 0 Å². The van der Waals surface area contributed by atoms with Gasteiger partial charge in [-0.25, -0.2) is 0 Å². The normalized spacial score (nSPS) is 11.8. The summed E-state index contributed by atoms with van der Waals surface area (Å²) in [6.07, 6.45) is 0. The minimum absolute atomic E-state index is 0. The Morgan fingerprint density at radius 1 is 0.681 bits per heavy atom. The predicted molar refractivity (Wildman–Crippen MR) is 160 cm³/mol. The molecule has 0 unspecified atom stereocenters. The third kappa shape index (κ3) is 9.05. The molecule has 0 spiro atoms. The van der Waals surface area contributed by atoms with Crippen LogP contribution in [0, 0.1) is 0 Å². The van der Waals surface area contributed by atoms with E-state index >= 15 is 0 Å². The average molecular weight is 695 g/mol. The van der Waals surface area contributed by atoms with Crippen LogP contribution in [0.2, 0.25) is 0 Å². The van der Waals surface area contributed by atoms with Crippen LogP contribution in [0.15, 0.2) is 115 Å². The molecular formula is C28H20N6Na2O9S2. The van der Waals surface area contributed by atoms with Gasteiger partial charge >= 0.3 is 59.1 Å². The summed E-state index contributed by atoms with van der Waals surface area (Å²) in [5, 5.41) is 52.2. The van der Waals surface area contributed by atoms with E-state index in [1.54, 1.807) is 36.4 Å². The molecular weight excluding hydrogens is 674 g/mol. The van der Waals surface area contributed by atoms with Gasteiger partial charge in [-0.3, -0.25) is 9.11 Å². The van der Waals surface area contributed by atoms with E-state index in [4.69, 9.17) is 5.73 Å². The number of nitrogens with zero attached hydrogens (tertiary/aromatic N) is 4. The van der Waals surface area contributed by atoms with E-state index in [1.165, 1.54) is 24.3 Å². The van der Waals surface area contributed by atoms with Gasteiger partial charge in [-0.05, 0) is 78.2 Å². The van der Waals surface area contributed by atoms with Crippen LogP contribution in [0.5, 0.6) is 17.2 Å². The van der Waals surface area contributed by atoms with Crippen LogP contribution < -0.4 is 80.4 Å². The number of nitrogens with one attached hydrogen (secondary N) is 1. The maximum absolute atomic E-state index is 12.1. The molecule has 0 amide bonds. The Hall–Kier alpha value is -3.62. The number of anilines is 3. The molecule has 0 radical (unpaired) electrons. The third-order valence-corrected chi connectivity index (χ3v) is 7.92. The van der Waals surface area contributed by atoms with Crippen molar-refractivity contribution < 1.29 is 100 Å². The fraction of sp³-hybridized carbons (Fsp3) is 0. The zero-order valence-electron chi connectivity index (χ0n) is 24.6. The molecule has 0 heterocycles. The molecule has 0 saturated heterocycles. The van der Waals surface area contributed by atoms with Crippen molar-refractivity contribution in [2.75, 3.05) is 11.1 Å². The number of benzene rings is 5. The van der Waals surface area contributed by atoms with Crippen molar-refractivity contribution in [3.8, 4) is 17.2 Å². The number of hydrogen-bond donors (Lipinski definition) is 5.